The first-order valence-corrected chi connectivity index (χ1v) is 6.96. The Balaban J connectivity index is 1.72. The quantitative estimate of drug-likeness (QED) is 0.875. The van der Waals surface area contributed by atoms with Crippen LogP contribution in [0.4, 0.5) is 0 Å². The van der Waals surface area contributed by atoms with Crippen molar-refractivity contribution in [2.75, 3.05) is 5.88 Å². The number of halogens is 1. The van der Waals surface area contributed by atoms with Crippen LogP contribution in [0.25, 0.3) is 11.0 Å². The van der Waals surface area contributed by atoms with Crippen LogP contribution < -0.4 is 5.32 Å². The van der Waals surface area contributed by atoms with Crippen LogP contribution in [-0.4, -0.2) is 22.5 Å². The maximum Gasteiger partial charge on any atom is 0.226 e. The summed E-state index contributed by atoms with van der Waals surface area (Å²) in [6, 6.07) is 7.55. The van der Waals surface area contributed by atoms with E-state index in [1.807, 2.05) is 24.3 Å². The second-order valence-electron chi connectivity index (χ2n) is 5.12. The number of carbonyl (C=O) groups excluding carboxylic acids is 1. The molecule has 100 valence electrons. The summed E-state index contributed by atoms with van der Waals surface area (Å²) >= 11 is 5.93. The monoisotopic (exact) mass is 278 g/mol. The molecule has 0 bridgehead atoms. The SMILES string of the molecule is O=C(Cc1noc2ccccc12)NC1(CCl)CCC1. The van der Waals surface area contributed by atoms with Gasteiger partial charge in [-0.1, -0.05) is 17.3 Å². The van der Waals surface area contributed by atoms with Crippen molar-refractivity contribution in [3.63, 3.8) is 0 Å². The van der Waals surface area contributed by atoms with E-state index in [2.05, 4.69) is 10.5 Å². The van der Waals surface area contributed by atoms with Crippen LogP contribution in [0.15, 0.2) is 28.8 Å². The molecular weight excluding hydrogens is 264 g/mol. The first-order valence-electron chi connectivity index (χ1n) is 6.43. The van der Waals surface area contributed by atoms with Crippen molar-refractivity contribution in [2.45, 2.75) is 31.2 Å². The summed E-state index contributed by atoms with van der Waals surface area (Å²) in [5.41, 5.74) is 1.19. The van der Waals surface area contributed by atoms with Gasteiger partial charge in [0.05, 0.1) is 12.0 Å². The topological polar surface area (TPSA) is 55.1 Å². The molecule has 2 aromatic rings. The largest absolute Gasteiger partial charge is 0.356 e. The Morgan fingerprint density at radius 2 is 2.21 bits per heavy atom. The number of amides is 1. The summed E-state index contributed by atoms with van der Waals surface area (Å²) in [6.45, 7) is 0. The van der Waals surface area contributed by atoms with Gasteiger partial charge in [-0.3, -0.25) is 4.79 Å². The van der Waals surface area contributed by atoms with Gasteiger partial charge < -0.3 is 9.84 Å². The number of aromatic nitrogens is 1. The number of hydrogen-bond donors (Lipinski definition) is 1. The third-order valence-corrected chi connectivity index (χ3v) is 4.26. The fraction of sp³-hybridized carbons (Fsp3) is 0.429. The van der Waals surface area contributed by atoms with E-state index in [1.165, 1.54) is 0 Å². The minimum atomic E-state index is -0.196. The van der Waals surface area contributed by atoms with Gasteiger partial charge in [-0.05, 0) is 31.4 Å². The van der Waals surface area contributed by atoms with E-state index in [0.717, 1.165) is 24.6 Å². The lowest BCUT2D eigenvalue weighted by atomic mass is 9.78. The lowest BCUT2D eigenvalue weighted by Crippen LogP contribution is -2.55. The molecule has 0 aliphatic heterocycles. The molecule has 3 rings (SSSR count). The summed E-state index contributed by atoms with van der Waals surface area (Å²) in [6.07, 6.45) is 3.28. The molecule has 1 N–H and O–H groups in total. The number of nitrogens with zero attached hydrogens (tertiary/aromatic N) is 1. The molecule has 0 atom stereocenters. The van der Waals surface area contributed by atoms with Gasteiger partial charge in [0.15, 0.2) is 5.58 Å². The van der Waals surface area contributed by atoms with Gasteiger partial charge in [-0.15, -0.1) is 11.6 Å². The molecule has 1 aromatic carbocycles. The first-order chi connectivity index (χ1) is 9.22. The number of hydrogen-bond acceptors (Lipinski definition) is 3. The third-order valence-electron chi connectivity index (χ3n) is 3.75. The smallest absolute Gasteiger partial charge is 0.226 e. The zero-order chi connectivity index (χ0) is 13.3. The maximum atomic E-state index is 12.1. The van der Waals surface area contributed by atoms with Gasteiger partial charge in [0.2, 0.25) is 5.91 Å². The van der Waals surface area contributed by atoms with E-state index in [9.17, 15) is 4.79 Å². The molecule has 1 amide bonds. The van der Waals surface area contributed by atoms with Crippen molar-refractivity contribution in [3.05, 3.63) is 30.0 Å². The lowest BCUT2D eigenvalue weighted by molar-refractivity contribution is -0.123. The van der Waals surface area contributed by atoms with E-state index >= 15 is 0 Å². The van der Waals surface area contributed by atoms with Crippen molar-refractivity contribution in [1.29, 1.82) is 0 Å². The van der Waals surface area contributed by atoms with Crippen LogP contribution in [0.3, 0.4) is 0 Å². The highest BCUT2D eigenvalue weighted by Crippen LogP contribution is 2.33. The fourth-order valence-electron chi connectivity index (χ4n) is 2.45. The first kappa shape index (κ1) is 12.5. The molecule has 5 heteroatoms. The van der Waals surface area contributed by atoms with Crippen molar-refractivity contribution < 1.29 is 9.32 Å². The molecule has 19 heavy (non-hydrogen) atoms. The number of fused-ring (bicyclic) bond motifs is 1. The van der Waals surface area contributed by atoms with E-state index in [-0.39, 0.29) is 17.9 Å². The molecule has 0 saturated heterocycles. The average Bonchev–Trinajstić information content (AvgIpc) is 2.78. The fourth-order valence-corrected chi connectivity index (χ4v) is 2.79. The van der Waals surface area contributed by atoms with Crippen LogP contribution >= 0.6 is 11.6 Å². The lowest BCUT2D eigenvalue weighted by Gasteiger charge is -2.40. The Morgan fingerprint density at radius 3 is 2.89 bits per heavy atom. The number of rotatable bonds is 4. The van der Waals surface area contributed by atoms with Crippen molar-refractivity contribution >= 4 is 28.5 Å². The second-order valence-corrected chi connectivity index (χ2v) is 5.39. The Bertz CT molecular complexity index is 599. The number of carbonyl (C=O) groups is 1. The molecule has 0 unspecified atom stereocenters. The van der Waals surface area contributed by atoms with Crippen molar-refractivity contribution in [3.8, 4) is 0 Å². The zero-order valence-corrected chi connectivity index (χ0v) is 11.2. The summed E-state index contributed by atoms with van der Waals surface area (Å²) < 4.78 is 5.19. The zero-order valence-electron chi connectivity index (χ0n) is 10.5. The predicted octanol–water partition coefficient (Wildman–Crippen LogP) is 2.65. The average molecular weight is 279 g/mol. The summed E-state index contributed by atoms with van der Waals surface area (Å²) in [4.78, 5) is 12.1. The van der Waals surface area contributed by atoms with Gasteiger partial charge in [0, 0.05) is 11.3 Å². The Hall–Kier alpha value is -1.55. The molecular formula is C14H15ClN2O2. The second kappa shape index (κ2) is 4.85. The van der Waals surface area contributed by atoms with E-state index in [4.69, 9.17) is 16.1 Å². The van der Waals surface area contributed by atoms with Crippen molar-refractivity contribution in [1.82, 2.24) is 10.5 Å². The molecule has 4 nitrogen and oxygen atoms in total. The van der Waals surface area contributed by atoms with Crippen LogP contribution in [0, 0.1) is 0 Å². The Labute approximate surface area is 116 Å². The Morgan fingerprint density at radius 1 is 1.42 bits per heavy atom. The van der Waals surface area contributed by atoms with E-state index < -0.39 is 0 Å². The van der Waals surface area contributed by atoms with Gasteiger partial charge in [-0.25, -0.2) is 0 Å². The number of alkyl halides is 1. The summed E-state index contributed by atoms with van der Waals surface area (Å²) in [5.74, 6) is 0.428. The van der Waals surface area contributed by atoms with Crippen LogP contribution in [-0.2, 0) is 11.2 Å². The summed E-state index contributed by atoms with van der Waals surface area (Å²) in [5, 5.41) is 7.89. The van der Waals surface area contributed by atoms with Gasteiger partial charge in [0.1, 0.15) is 5.69 Å². The van der Waals surface area contributed by atoms with Crippen LogP contribution in [0.5, 0.6) is 0 Å². The molecule has 0 spiro atoms. The molecule has 1 fully saturated rings. The number of nitrogens with one attached hydrogen (secondary N) is 1. The minimum absolute atomic E-state index is 0.0422. The van der Waals surface area contributed by atoms with E-state index in [1.54, 1.807) is 0 Å². The number of benzene rings is 1. The van der Waals surface area contributed by atoms with Gasteiger partial charge >= 0.3 is 0 Å². The summed E-state index contributed by atoms with van der Waals surface area (Å²) in [7, 11) is 0. The molecule has 1 aliphatic rings. The molecule has 0 radical (unpaired) electrons. The van der Waals surface area contributed by atoms with Gasteiger partial charge in [0.25, 0.3) is 0 Å². The minimum Gasteiger partial charge on any atom is -0.356 e. The molecule has 1 saturated carbocycles. The maximum absolute atomic E-state index is 12.1. The predicted molar refractivity (Wildman–Crippen MR) is 73.2 cm³/mol. The molecule has 1 aliphatic carbocycles. The number of para-hydroxylation sites is 1. The normalized spacial score (nSPS) is 17.1. The third kappa shape index (κ3) is 2.32. The van der Waals surface area contributed by atoms with E-state index in [0.29, 0.717) is 17.2 Å². The highest BCUT2D eigenvalue weighted by atomic mass is 35.5. The molecule has 1 heterocycles. The standard InChI is InChI=1S/C14H15ClN2O2/c15-9-14(6-3-7-14)16-13(18)8-11-10-4-1-2-5-12(10)19-17-11/h1-2,4-5H,3,6-9H2,(H,16,18). The van der Waals surface area contributed by atoms with Crippen LogP contribution in [0.1, 0.15) is 25.0 Å². The van der Waals surface area contributed by atoms with Gasteiger partial charge in [-0.2, -0.15) is 0 Å². The highest BCUT2D eigenvalue weighted by molar-refractivity contribution is 6.18. The Kier molecular flexibility index (Phi) is 3.19. The van der Waals surface area contributed by atoms with Crippen LogP contribution in [0.2, 0.25) is 0 Å². The highest BCUT2D eigenvalue weighted by Gasteiger charge is 2.37. The molecule has 1 aromatic heterocycles. The van der Waals surface area contributed by atoms with Crippen molar-refractivity contribution in [2.24, 2.45) is 0 Å².